The van der Waals surface area contributed by atoms with E-state index in [0.29, 0.717) is 6.42 Å². The van der Waals surface area contributed by atoms with Crippen molar-refractivity contribution < 1.29 is 0 Å². The van der Waals surface area contributed by atoms with Crippen molar-refractivity contribution in [2.75, 3.05) is 5.32 Å². The van der Waals surface area contributed by atoms with Gasteiger partial charge in [-0.25, -0.2) is 0 Å². The fourth-order valence-electron chi connectivity index (χ4n) is 1.75. The van der Waals surface area contributed by atoms with Gasteiger partial charge in [0.1, 0.15) is 0 Å². The molecule has 0 aromatic heterocycles. The van der Waals surface area contributed by atoms with Gasteiger partial charge in [-0.15, -0.1) is 0 Å². The molecule has 0 aliphatic heterocycles. The molecular formula is C13H17BrN2. The van der Waals surface area contributed by atoms with Crippen molar-refractivity contribution in [2.45, 2.75) is 39.7 Å². The van der Waals surface area contributed by atoms with Gasteiger partial charge in [-0.05, 0) is 43.5 Å². The minimum absolute atomic E-state index is 0.239. The second-order valence-electron chi connectivity index (χ2n) is 4.03. The van der Waals surface area contributed by atoms with Crippen LogP contribution in [0.4, 0.5) is 5.69 Å². The zero-order valence-electron chi connectivity index (χ0n) is 9.97. The zero-order valence-corrected chi connectivity index (χ0v) is 11.6. The van der Waals surface area contributed by atoms with Gasteiger partial charge in [-0.1, -0.05) is 22.9 Å². The topological polar surface area (TPSA) is 35.8 Å². The Balaban J connectivity index is 2.92. The molecule has 1 aromatic carbocycles. The molecule has 0 saturated carbocycles. The monoisotopic (exact) mass is 280 g/mol. The van der Waals surface area contributed by atoms with Gasteiger partial charge in [0.15, 0.2) is 0 Å². The molecule has 1 atom stereocenters. The summed E-state index contributed by atoms with van der Waals surface area (Å²) in [7, 11) is 0. The Hall–Kier alpha value is -1.01. The first-order valence-corrected chi connectivity index (χ1v) is 6.28. The van der Waals surface area contributed by atoms with E-state index in [1.165, 1.54) is 11.1 Å². The van der Waals surface area contributed by atoms with E-state index in [2.05, 4.69) is 60.2 Å². The first-order valence-electron chi connectivity index (χ1n) is 5.48. The Labute approximate surface area is 106 Å². The molecule has 16 heavy (non-hydrogen) atoms. The highest BCUT2D eigenvalue weighted by Crippen LogP contribution is 2.26. The third-order valence-corrected chi connectivity index (χ3v) is 3.13. The summed E-state index contributed by atoms with van der Waals surface area (Å²) < 4.78 is 1.10. The van der Waals surface area contributed by atoms with E-state index in [1.54, 1.807) is 0 Å². The van der Waals surface area contributed by atoms with E-state index in [1.807, 2.05) is 0 Å². The van der Waals surface area contributed by atoms with Gasteiger partial charge in [0.25, 0.3) is 0 Å². The summed E-state index contributed by atoms with van der Waals surface area (Å²) in [5.41, 5.74) is 3.58. The third-order valence-electron chi connectivity index (χ3n) is 2.68. The van der Waals surface area contributed by atoms with Crippen LogP contribution < -0.4 is 5.32 Å². The second-order valence-corrected chi connectivity index (χ2v) is 4.94. The minimum atomic E-state index is 0.239. The van der Waals surface area contributed by atoms with Crippen LogP contribution in [0.25, 0.3) is 0 Å². The summed E-state index contributed by atoms with van der Waals surface area (Å²) in [5, 5.41) is 12.2. The van der Waals surface area contributed by atoms with Crippen LogP contribution in [0.15, 0.2) is 16.6 Å². The van der Waals surface area contributed by atoms with Crippen molar-refractivity contribution in [1.29, 1.82) is 5.26 Å². The van der Waals surface area contributed by atoms with Crippen molar-refractivity contribution in [3.8, 4) is 6.07 Å². The molecule has 0 spiro atoms. The number of halogens is 1. The number of anilines is 1. The Morgan fingerprint density at radius 1 is 1.38 bits per heavy atom. The van der Waals surface area contributed by atoms with Crippen molar-refractivity contribution in [3.63, 3.8) is 0 Å². The molecule has 0 radical (unpaired) electrons. The fraction of sp³-hybridized carbons (Fsp3) is 0.462. The average molecular weight is 281 g/mol. The number of hydrogen-bond donors (Lipinski definition) is 1. The van der Waals surface area contributed by atoms with Crippen LogP contribution in [0.1, 0.15) is 30.9 Å². The molecule has 1 N–H and O–H groups in total. The van der Waals surface area contributed by atoms with Gasteiger partial charge in [0.2, 0.25) is 0 Å². The van der Waals surface area contributed by atoms with E-state index in [-0.39, 0.29) is 6.04 Å². The zero-order chi connectivity index (χ0) is 12.1. The molecule has 86 valence electrons. The van der Waals surface area contributed by atoms with Crippen LogP contribution >= 0.6 is 15.9 Å². The molecule has 0 amide bonds. The first kappa shape index (κ1) is 13.1. The molecule has 0 aliphatic carbocycles. The van der Waals surface area contributed by atoms with Gasteiger partial charge < -0.3 is 5.32 Å². The SMILES string of the molecule is CCC(CC#N)Nc1c(C)cc(Br)cc1C. The normalized spacial score (nSPS) is 11.9. The lowest BCUT2D eigenvalue weighted by atomic mass is 10.1. The number of rotatable bonds is 4. The molecule has 0 saturated heterocycles. The lowest BCUT2D eigenvalue weighted by molar-refractivity contribution is 0.709. The third kappa shape index (κ3) is 3.24. The summed E-state index contributed by atoms with van der Waals surface area (Å²) in [6.45, 7) is 6.26. The number of nitriles is 1. The lowest BCUT2D eigenvalue weighted by Gasteiger charge is -2.19. The quantitative estimate of drug-likeness (QED) is 0.899. The van der Waals surface area contributed by atoms with E-state index in [0.717, 1.165) is 16.6 Å². The van der Waals surface area contributed by atoms with E-state index < -0.39 is 0 Å². The largest absolute Gasteiger partial charge is 0.381 e. The summed E-state index contributed by atoms with van der Waals surface area (Å²) in [5.74, 6) is 0. The molecule has 0 fully saturated rings. The number of aryl methyl sites for hydroxylation is 2. The molecular weight excluding hydrogens is 264 g/mol. The molecule has 0 bridgehead atoms. The van der Waals surface area contributed by atoms with Crippen molar-refractivity contribution in [2.24, 2.45) is 0 Å². The predicted molar refractivity (Wildman–Crippen MR) is 71.5 cm³/mol. The highest BCUT2D eigenvalue weighted by molar-refractivity contribution is 9.10. The number of benzene rings is 1. The number of hydrogen-bond acceptors (Lipinski definition) is 2. The summed E-state index contributed by atoms with van der Waals surface area (Å²) >= 11 is 3.48. The van der Waals surface area contributed by atoms with Gasteiger partial charge in [-0.2, -0.15) is 5.26 Å². The molecule has 0 heterocycles. The maximum Gasteiger partial charge on any atom is 0.0643 e. The molecule has 2 nitrogen and oxygen atoms in total. The average Bonchev–Trinajstić information content (AvgIpc) is 2.21. The lowest BCUT2D eigenvalue weighted by Crippen LogP contribution is -2.19. The summed E-state index contributed by atoms with van der Waals surface area (Å²) in [4.78, 5) is 0. The Morgan fingerprint density at radius 3 is 2.38 bits per heavy atom. The van der Waals surface area contributed by atoms with E-state index >= 15 is 0 Å². The summed E-state index contributed by atoms with van der Waals surface area (Å²) in [6, 6.07) is 6.64. The van der Waals surface area contributed by atoms with E-state index in [9.17, 15) is 0 Å². The Kier molecular flexibility index (Phi) is 4.82. The second kappa shape index (κ2) is 5.91. The van der Waals surface area contributed by atoms with Crippen LogP contribution in [0, 0.1) is 25.2 Å². The molecule has 1 unspecified atom stereocenters. The van der Waals surface area contributed by atoms with Crippen LogP contribution in [0.3, 0.4) is 0 Å². The van der Waals surface area contributed by atoms with Gasteiger partial charge in [0.05, 0.1) is 12.5 Å². The molecule has 0 aliphatic rings. The highest BCUT2D eigenvalue weighted by atomic mass is 79.9. The smallest absolute Gasteiger partial charge is 0.0643 e. The van der Waals surface area contributed by atoms with Gasteiger partial charge >= 0.3 is 0 Å². The van der Waals surface area contributed by atoms with Crippen LogP contribution in [0.2, 0.25) is 0 Å². The van der Waals surface area contributed by atoms with E-state index in [4.69, 9.17) is 5.26 Å². The maximum absolute atomic E-state index is 8.73. The van der Waals surface area contributed by atoms with Gasteiger partial charge in [0, 0.05) is 16.2 Å². The Bertz CT molecular complexity index is 384. The van der Waals surface area contributed by atoms with Crippen molar-refractivity contribution >= 4 is 21.6 Å². The Morgan fingerprint density at radius 2 is 1.94 bits per heavy atom. The van der Waals surface area contributed by atoms with Crippen LogP contribution in [-0.2, 0) is 0 Å². The standard InChI is InChI=1S/C13H17BrN2/c1-4-12(5-6-15)16-13-9(2)7-11(14)8-10(13)3/h7-8,12,16H,4-5H2,1-3H3. The minimum Gasteiger partial charge on any atom is -0.381 e. The number of nitrogens with one attached hydrogen (secondary N) is 1. The van der Waals surface area contributed by atoms with Crippen LogP contribution in [0.5, 0.6) is 0 Å². The molecule has 3 heteroatoms. The van der Waals surface area contributed by atoms with Crippen molar-refractivity contribution in [3.05, 3.63) is 27.7 Å². The molecule has 1 rings (SSSR count). The predicted octanol–water partition coefficient (Wildman–Crippen LogP) is 4.17. The highest BCUT2D eigenvalue weighted by Gasteiger charge is 2.09. The van der Waals surface area contributed by atoms with Crippen molar-refractivity contribution in [1.82, 2.24) is 0 Å². The van der Waals surface area contributed by atoms with Crippen LogP contribution in [-0.4, -0.2) is 6.04 Å². The number of nitrogens with zero attached hydrogens (tertiary/aromatic N) is 1. The molecule has 1 aromatic rings. The fourth-order valence-corrected chi connectivity index (χ4v) is 2.44. The summed E-state index contributed by atoms with van der Waals surface area (Å²) in [6.07, 6.45) is 1.51. The van der Waals surface area contributed by atoms with Gasteiger partial charge in [-0.3, -0.25) is 0 Å². The maximum atomic E-state index is 8.73. The first-order chi connectivity index (χ1) is 7.58.